The molecule has 1 aliphatic rings. The van der Waals surface area contributed by atoms with Gasteiger partial charge in [0.15, 0.2) is 5.82 Å². The number of aliphatic imine (C=N–C) groups is 1. The van der Waals surface area contributed by atoms with E-state index in [1.54, 1.807) is 17.8 Å². The molecule has 2 aromatic carbocycles. The lowest BCUT2D eigenvalue weighted by molar-refractivity contribution is 0.712. The number of aryl methyl sites for hydroxylation is 1. The molecule has 1 atom stereocenters. The first kappa shape index (κ1) is 22.9. The minimum atomic E-state index is -0.0841. The molecule has 0 aliphatic carbocycles. The summed E-state index contributed by atoms with van der Waals surface area (Å²) in [6.07, 6.45) is 4.45. The quantitative estimate of drug-likeness (QED) is 0.377. The summed E-state index contributed by atoms with van der Waals surface area (Å²) in [4.78, 5) is 29.9. The van der Waals surface area contributed by atoms with Gasteiger partial charge in [-0.05, 0) is 49.4 Å². The van der Waals surface area contributed by atoms with Crippen LogP contribution in [0.1, 0.15) is 17.9 Å². The van der Waals surface area contributed by atoms with E-state index in [0.717, 1.165) is 58.7 Å². The van der Waals surface area contributed by atoms with Crippen molar-refractivity contribution in [2.45, 2.75) is 19.9 Å². The highest BCUT2D eigenvalue weighted by Crippen LogP contribution is 2.31. The maximum atomic E-state index is 13.6. The van der Waals surface area contributed by atoms with Gasteiger partial charge < -0.3 is 10.6 Å². The zero-order chi connectivity index (χ0) is 25.5. The van der Waals surface area contributed by atoms with Crippen LogP contribution in [0.3, 0.4) is 0 Å². The molecule has 0 amide bonds. The number of hydrogen-bond acceptors (Lipinski definition) is 7. The molecule has 3 aromatic heterocycles. The van der Waals surface area contributed by atoms with Crippen LogP contribution in [0.2, 0.25) is 0 Å². The Kier molecular flexibility index (Phi) is 5.67. The largest absolute Gasteiger partial charge is 0.404 e. The molecular formula is C28H28N8O. The van der Waals surface area contributed by atoms with E-state index in [0.29, 0.717) is 11.2 Å². The Hall–Kier alpha value is -4.53. The van der Waals surface area contributed by atoms with Crippen LogP contribution < -0.4 is 16.2 Å². The predicted molar refractivity (Wildman–Crippen MR) is 147 cm³/mol. The van der Waals surface area contributed by atoms with Crippen LogP contribution in [-0.2, 0) is 6.54 Å². The summed E-state index contributed by atoms with van der Waals surface area (Å²) in [5, 5.41) is 6.25. The Morgan fingerprint density at radius 3 is 2.73 bits per heavy atom. The van der Waals surface area contributed by atoms with Gasteiger partial charge in [-0.25, -0.2) is 14.5 Å². The van der Waals surface area contributed by atoms with Gasteiger partial charge in [0.05, 0.1) is 28.7 Å². The fourth-order valence-corrected chi connectivity index (χ4v) is 5.32. The molecule has 1 saturated heterocycles. The first-order valence-corrected chi connectivity index (χ1v) is 12.4. The molecule has 4 heterocycles. The Balaban J connectivity index is 1.46. The summed E-state index contributed by atoms with van der Waals surface area (Å²) >= 11 is 0. The minimum Gasteiger partial charge on any atom is -0.404 e. The molecule has 5 aromatic rings. The maximum Gasteiger partial charge on any atom is 0.262 e. The Morgan fingerprint density at radius 1 is 1.14 bits per heavy atom. The van der Waals surface area contributed by atoms with Crippen molar-refractivity contribution in [2.75, 3.05) is 25.0 Å². The fraction of sp³-hybridized carbons (Fsp3) is 0.250. The first-order chi connectivity index (χ1) is 18.1. The lowest BCUT2D eigenvalue weighted by Gasteiger charge is -2.21. The Labute approximate surface area is 213 Å². The topological polar surface area (TPSA) is 107 Å². The SMILES string of the molecule is CN=CC(=CN)C1CCN(c2nc(Cn3c(=O)c4ccccc4n4nc(C)cc34)nc3ccccc23)C1. The van der Waals surface area contributed by atoms with Crippen molar-refractivity contribution in [1.29, 1.82) is 0 Å². The van der Waals surface area contributed by atoms with Gasteiger partial charge in [0.1, 0.15) is 11.5 Å². The van der Waals surface area contributed by atoms with Crippen molar-refractivity contribution < 1.29 is 0 Å². The average Bonchev–Trinajstić information content (AvgIpc) is 3.56. The second-order valence-corrected chi connectivity index (χ2v) is 9.43. The summed E-state index contributed by atoms with van der Waals surface area (Å²) in [6.45, 7) is 3.81. The van der Waals surface area contributed by atoms with Crippen molar-refractivity contribution in [2.24, 2.45) is 16.6 Å². The fourth-order valence-electron chi connectivity index (χ4n) is 5.32. The molecular weight excluding hydrogens is 464 g/mol. The lowest BCUT2D eigenvalue weighted by Crippen LogP contribution is -2.26. The Bertz CT molecular complexity index is 1760. The maximum absolute atomic E-state index is 13.6. The molecule has 1 aliphatic heterocycles. The van der Waals surface area contributed by atoms with E-state index in [-0.39, 0.29) is 18.0 Å². The predicted octanol–water partition coefficient (Wildman–Crippen LogP) is 3.32. The van der Waals surface area contributed by atoms with Gasteiger partial charge in [0.25, 0.3) is 5.56 Å². The number of benzene rings is 2. The van der Waals surface area contributed by atoms with E-state index in [9.17, 15) is 4.79 Å². The molecule has 186 valence electrons. The molecule has 6 rings (SSSR count). The highest BCUT2D eigenvalue weighted by molar-refractivity contribution is 5.90. The number of rotatable bonds is 5. The summed E-state index contributed by atoms with van der Waals surface area (Å²) in [6, 6.07) is 17.5. The van der Waals surface area contributed by atoms with E-state index in [1.165, 1.54) is 0 Å². The molecule has 9 nitrogen and oxygen atoms in total. The molecule has 37 heavy (non-hydrogen) atoms. The highest BCUT2D eigenvalue weighted by Gasteiger charge is 2.27. The van der Waals surface area contributed by atoms with Crippen LogP contribution in [0.5, 0.6) is 0 Å². The van der Waals surface area contributed by atoms with Gasteiger partial charge >= 0.3 is 0 Å². The van der Waals surface area contributed by atoms with Crippen LogP contribution in [-0.4, -0.2) is 50.5 Å². The summed E-state index contributed by atoms with van der Waals surface area (Å²) in [5.74, 6) is 1.74. The highest BCUT2D eigenvalue weighted by atomic mass is 16.1. The molecule has 1 unspecified atom stereocenters. The number of nitrogens with two attached hydrogens (primary N) is 1. The molecule has 0 saturated carbocycles. The second kappa shape index (κ2) is 9.16. The van der Waals surface area contributed by atoms with Gasteiger partial charge in [0.2, 0.25) is 0 Å². The molecule has 0 spiro atoms. The van der Waals surface area contributed by atoms with Gasteiger partial charge in [-0.1, -0.05) is 24.3 Å². The van der Waals surface area contributed by atoms with Crippen LogP contribution >= 0.6 is 0 Å². The van der Waals surface area contributed by atoms with Crippen LogP contribution in [0.25, 0.3) is 27.5 Å². The van der Waals surface area contributed by atoms with Gasteiger partial charge in [-0.3, -0.25) is 14.4 Å². The van der Waals surface area contributed by atoms with Crippen LogP contribution in [0.15, 0.2) is 76.2 Å². The minimum absolute atomic E-state index is 0.0841. The summed E-state index contributed by atoms with van der Waals surface area (Å²) in [5.41, 5.74) is 10.0. The molecule has 0 radical (unpaired) electrons. The van der Waals surface area contributed by atoms with Crippen molar-refractivity contribution in [3.05, 3.63) is 88.2 Å². The van der Waals surface area contributed by atoms with Crippen LogP contribution in [0, 0.1) is 12.8 Å². The van der Waals surface area contributed by atoms with E-state index in [2.05, 4.69) is 21.1 Å². The Morgan fingerprint density at radius 2 is 1.92 bits per heavy atom. The second-order valence-electron chi connectivity index (χ2n) is 9.43. The molecule has 1 fully saturated rings. The standard InChI is InChI=1S/C28H28N8O/c1-18-13-26-35(28(37)22-8-4-6-10-24(22)36(26)33-18)17-25-31-23-9-5-3-7-21(23)27(32-25)34-12-11-19(16-34)20(14-29)15-30-2/h3-10,13-15,19H,11-12,16-17,29H2,1-2H3. The lowest BCUT2D eigenvalue weighted by atomic mass is 10.0. The third-order valence-corrected chi connectivity index (χ3v) is 7.06. The molecule has 2 N–H and O–H groups in total. The van der Waals surface area contributed by atoms with E-state index >= 15 is 0 Å². The van der Waals surface area contributed by atoms with Gasteiger partial charge in [-0.2, -0.15) is 5.10 Å². The number of hydrogen-bond donors (Lipinski definition) is 1. The van der Waals surface area contributed by atoms with Crippen molar-refractivity contribution in [3.8, 4) is 0 Å². The number of anilines is 1. The van der Waals surface area contributed by atoms with E-state index < -0.39 is 0 Å². The third-order valence-electron chi connectivity index (χ3n) is 7.06. The third kappa shape index (κ3) is 3.92. The molecule has 0 bridgehead atoms. The van der Waals surface area contributed by atoms with Crippen molar-refractivity contribution in [3.63, 3.8) is 0 Å². The van der Waals surface area contributed by atoms with Gasteiger partial charge in [-0.15, -0.1) is 0 Å². The normalized spacial score (nSPS) is 16.6. The van der Waals surface area contributed by atoms with Crippen LogP contribution in [0.4, 0.5) is 5.82 Å². The zero-order valence-corrected chi connectivity index (χ0v) is 20.9. The summed E-state index contributed by atoms with van der Waals surface area (Å²) < 4.78 is 3.55. The number of nitrogens with zero attached hydrogens (tertiary/aromatic N) is 7. The first-order valence-electron chi connectivity index (χ1n) is 12.4. The van der Waals surface area contributed by atoms with E-state index in [4.69, 9.17) is 15.7 Å². The van der Waals surface area contributed by atoms with Crippen molar-refractivity contribution >= 4 is 39.5 Å². The zero-order valence-electron chi connectivity index (χ0n) is 20.9. The number of aromatic nitrogens is 5. The smallest absolute Gasteiger partial charge is 0.262 e. The average molecular weight is 493 g/mol. The molecule has 9 heteroatoms. The summed E-state index contributed by atoms with van der Waals surface area (Å²) in [7, 11) is 1.76. The monoisotopic (exact) mass is 492 g/mol. The number of fused-ring (bicyclic) bond motifs is 4. The van der Waals surface area contributed by atoms with Crippen molar-refractivity contribution in [1.82, 2.24) is 24.1 Å². The van der Waals surface area contributed by atoms with E-state index in [1.807, 2.05) is 66.2 Å². The number of para-hydroxylation sites is 2. The van der Waals surface area contributed by atoms with Gasteiger partial charge in [0, 0.05) is 43.7 Å².